The summed E-state index contributed by atoms with van der Waals surface area (Å²) in [7, 11) is 0. The van der Waals surface area contributed by atoms with Crippen molar-refractivity contribution in [2.24, 2.45) is 0 Å². The highest BCUT2D eigenvalue weighted by molar-refractivity contribution is 5.06. The van der Waals surface area contributed by atoms with Crippen LogP contribution in [0, 0.1) is 0 Å². The Bertz CT molecular complexity index is 103. The van der Waals surface area contributed by atoms with Gasteiger partial charge in [-0.15, -0.1) is 0 Å². The summed E-state index contributed by atoms with van der Waals surface area (Å²) in [5.74, 6) is -0.205. The zero-order valence-corrected chi connectivity index (χ0v) is 5.86. The average Bonchev–Trinajstić information content (AvgIpc) is 1.89. The Morgan fingerprint density at radius 1 is 1.67 bits per heavy atom. The maximum absolute atomic E-state index is 12.2. The van der Waals surface area contributed by atoms with Gasteiger partial charge in [-0.1, -0.05) is 19.9 Å². The third kappa shape index (κ3) is 5.28. The van der Waals surface area contributed by atoms with Crippen LogP contribution >= 0.6 is 0 Å². The third-order valence-corrected chi connectivity index (χ3v) is 1.09. The van der Waals surface area contributed by atoms with Gasteiger partial charge in [0.15, 0.2) is 0 Å². The van der Waals surface area contributed by atoms with Crippen LogP contribution in [-0.4, -0.2) is 0 Å². The lowest BCUT2D eigenvalue weighted by Gasteiger charge is -1.87. The molecule has 0 saturated carbocycles. The zero-order chi connectivity index (χ0) is 7.11. The first-order valence-corrected chi connectivity index (χ1v) is 3.29. The number of rotatable bonds is 4. The lowest BCUT2D eigenvalue weighted by atomic mass is 10.2. The normalized spacial score (nSPS) is 11.6. The van der Waals surface area contributed by atoms with Crippen LogP contribution in [0.15, 0.2) is 24.6 Å². The van der Waals surface area contributed by atoms with Crippen molar-refractivity contribution >= 4 is 0 Å². The van der Waals surface area contributed by atoms with E-state index in [1.54, 1.807) is 6.08 Å². The van der Waals surface area contributed by atoms with Gasteiger partial charge < -0.3 is 0 Å². The van der Waals surface area contributed by atoms with E-state index in [0.29, 0.717) is 0 Å². The molecule has 0 nitrogen and oxygen atoms in total. The molecular weight excluding hydrogens is 115 g/mol. The second-order valence-electron chi connectivity index (χ2n) is 1.94. The van der Waals surface area contributed by atoms with Gasteiger partial charge in [0.2, 0.25) is 0 Å². The average molecular weight is 128 g/mol. The molecule has 0 aliphatic heterocycles. The minimum Gasteiger partial charge on any atom is -0.207 e. The summed E-state index contributed by atoms with van der Waals surface area (Å²) in [6, 6.07) is 0. The quantitative estimate of drug-likeness (QED) is 0.403. The molecule has 0 unspecified atom stereocenters. The molecule has 0 aromatic carbocycles. The topological polar surface area (TPSA) is 0 Å². The van der Waals surface area contributed by atoms with Crippen molar-refractivity contribution in [3.05, 3.63) is 24.6 Å². The molecule has 0 N–H and O–H groups in total. The van der Waals surface area contributed by atoms with Crippen LogP contribution in [0.2, 0.25) is 0 Å². The predicted molar refractivity (Wildman–Crippen MR) is 38.9 cm³/mol. The van der Waals surface area contributed by atoms with Gasteiger partial charge in [0.1, 0.15) is 5.83 Å². The van der Waals surface area contributed by atoms with E-state index in [-0.39, 0.29) is 5.83 Å². The molecule has 0 rings (SSSR count). The molecule has 9 heavy (non-hydrogen) atoms. The van der Waals surface area contributed by atoms with Crippen molar-refractivity contribution in [1.82, 2.24) is 0 Å². The monoisotopic (exact) mass is 128 g/mol. The Kier molecular flexibility index (Phi) is 5.18. The van der Waals surface area contributed by atoms with E-state index in [1.807, 2.05) is 0 Å². The number of halogens is 1. The highest BCUT2D eigenvalue weighted by Crippen LogP contribution is 2.02. The molecule has 52 valence electrons. The number of hydrogen-bond donors (Lipinski definition) is 0. The molecule has 0 spiro atoms. The lowest BCUT2D eigenvalue weighted by Crippen LogP contribution is -1.68. The molecule has 0 bridgehead atoms. The largest absolute Gasteiger partial charge is 0.207 e. The van der Waals surface area contributed by atoms with E-state index in [4.69, 9.17) is 0 Å². The maximum atomic E-state index is 12.2. The summed E-state index contributed by atoms with van der Waals surface area (Å²) in [5.41, 5.74) is 0. The molecule has 0 saturated heterocycles. The van der Waals surface area contributed by atoms with Gasteiger partial charge >= 0.3 is 0 Å². The number of unbranched alkanes of at least 4 members (excludes halogenated alkanes) is 2. The first-order valence-electron chi connectivity index (χ1n) is 3.29. The van der Waals surface area contributed by atoms with Crippen molar-refractivity contribution < 1.29 is 4.39 Å². The van der Waals surface area contributed by atoms with Gasteiger partial charge in [0.25, 0.3) is 0 Å². The Labute approximate surface area is 56.1 Å². The van der Waals surface area contributed by atoms with Gasteiger partial charge in [0, 0.05) is 0 Å². The van der Waals surface area contributed by atoms with Crippen molar-refractivity contribution in [1.29, 1.82) is 0 Å². The van der Waals surface area contributed by atoms with Crippen molar-refractivity contribution in [2.45, 2.75) is 26.2 Å². The second-order valence-corrected chi connectivity index (χ2v) is 1.94. The van der Waals surface area contributed by atoms with Crippen LogP contribution in [0.3, 0.4) is 0 Å². The Morgan fingerprint density at radius 2 is 2.33 bits per heavy atom. The first-order chi connectivity index (χ1) is 4.31. The molecule has 0 atom stereocenters. The molecule has 0 aromatic heterocycles. The standard InChI is InChI=1S/C8H13F/c1-3-5-6-7-8(9)4-2/h4,7H,2-3,5-6H2,1H3. The lowest BCUT2D eigenvalue weighted by molar-refractivity contribution is 0.655. The fourth-order valence-electron chi connectivity index (χ4n) is 0.527. The molecule has 0 amide bonds. The fourth-order valence-corrected chi connectivity index (χ4v) is 0.527. The maximum Gasteiger partial charge on any atom is 0.118 e. The molecular formula is C8H13F. The molecule has 0 aliphatic rings. The summed E-state index contributed by atoms with van der Waals surface area (Å²) in [6.45, 7) is 5.38. The Morgan fingerprint density at radius 3 is 2.78 bits per heavy atom. The fraction of sp³-hybridized carbons (Fsp3) is 0.500. The van der Waals surface area contributed by atoms with Crippen molar-refractivity contribution in [3.8, 4) is 0 Å². The molecule has 0 aromatic rings. The second kappa shape index (κ2) is 5.54. The van der Waals surface area contributed by atoms with Crippen molar-refractivity contribution in [3.63, 3.8) is 0 Å². The van der Waals surface area contributed by atoms with Gasteiger partial charge in [-0.3, -0.25) is 0 Å². The Hall–Kier alpha value is -0.590. The zero-order valence-electron chi connectivity index (χ0n) is 5.86. The number of allylic oxidation sites excluding steroid dienone is 3. The predicted octanol–water partition coefficient (Wildman–Crippen LogP) is 3.22. The van der Waals surface area contributed by atoms with Crippen LogP contribution in [0.5, 0.6) is 0 Å². The Balaban J connectivity index is 3.31. The summed E-state index contributed by atoms with van der Waals surface area (Å²) < 4.78 is 12.2. The van der Waals surface area contributed by atoms with Gasteiger partial charge in [0.05, 0.1) is 0 Å². The minimum atomic E-state index is -0.205. The van der Waals surface area contributed by atoms with Gasteiger partial charge in [-0.05, 0) is 25.0 Å². The summed E-state index contributed by atoms with van der Waals surface area (Å²) in [5, 5.41) is 0. The van der Waals surface area contributed by atoms with Crippen LogP contribution in [0.4, 0.5) is 4.39 Å². The first kappa shape index (κ1) is 8.41. The van der Waals surface area contributed by atoms with Crippen LogP contribution in [0.1, 0.15) is 26.2 Å². The van der Waals surface area contributed by atoms with E-state index in [2.05, 4.69) is 13.5 Å². The van der Waals surface area contributed by atoms with E-state index < -0.39 is 0 Å². The van der Waals surface area contributed by atoms with E-state index in [9.17, 15) is 4.39 Å². The van der Waals surface area contributed by atoms with Crippen LogP contribution < -0.4 is 0 Å². The van der Waals surface area contributed by atoms with Gasteiger partial charge in [-0.25, -0.2) is 4.39 Å². The molecule has 0 heterocycles. The SMILES string of the molecule is C=CC(F)=CCCCC. The summed E-state index contributed by atoms with van der Waals surface area (Å²) in [6.07, 6.45) is 5.79. The summed E-state index contributed by atoms with van der Waals surface area (Å²) in [4.78, 5) is 0. The number of hydrogen-bond acceptors (Lipinski definition) is 0. The van der Waals surface area contributed by atoms with E-state index >= 15 is 0 Å². The van der Waals surface area contributed by atoms with Crippen LogP contribution in [0.25, 0.3) is 0 Å². The van der Waals surface area contributed by atoms with Crippen LogP contribution in [-0.2, 0) is 0 Å². The minimum absolute atomic E-state index is 0.205. The molecule has 1 heteroatoms. The smallest absolute Gasteiger partial charge is 0.118 e. The summed E-state index contributed by atoms with van der Waals surface area (Å²) >= 11 is 0. The molecule has 0 radical (unpaired) electrons. The molecule has 0 aliphatic carbocycles. The van der Waals surface area contributed by atoms with E-state index in [1.165, 1.54) is 6.08 Å². The van der Waals surface area contributed by atoms with Crippen molar-refractivity contribution in [2.75, 3.05) is 0 Å². The highest BCUT2D eigenvalue weighted by Gasteiger charge is 1.83. The molecule has 0 fully saturated rings. The van der Waals surface area contributed by atoms with Gasteiger partial charge in [-0.2, -0.15) is 0 Å². The van der Waals surface area contributed by atoms with E-state index in [0.717, 1.165) is 19.3 Å². The third-order valence-electron chi connectivity index (χ3n) is 1.09. The highest BCUT2D eigenvalue weighted by atomic mass is 19.1.